The number of rotatable bonds is 5. The Balaban J connectivity index is 1.57. The summed E-state index contributed by atoms with van der Waals surface area (Å²) in [6.45, 7) is 1.39. The molecule has 150 valence electrons. The molecule has 1 unspecified atom stereocenters. The van der Waals surface area contributed by atoms with Crippen molar-refractivity contribution in [3.8, 4) is 6.07 Å². The Morgan fingerprint density at radius 1 is 1.14 bits per heavy atom. The molecule has 0 spiro atoms. The highest BCUT2D eigenvalue weighted by Crippen LogP contribution is 2.52. The molecule has 2 N–H and O–H groups in total. The van der Waals surface area contributed by atoms with Crippen molar-refractivity contribution in [1.82, 2.24) is 10.3 Å². The van der Waals surface area contributed by atoms with E-state index in [-0.39, 0.29) is 16.9 Å². The highest BCUT2D eigenvalue weighted by molar-refractivity contribution is 7.80. The number of hydrogen-bond donors (Lipinski definition) is 2. The van der Waals surface area contributed by atoms with Gasteiger partial charge in [0.05, 0.1) is 22.7 Å². The van der Waals surface area contributed by atoms with Crippen molar-refractivity contribution in [3.05, 3.63) is 29.8 Å². The molecule has 1 amide bonds. The molecule has 3 saturated carbocycles. The van der Waals surface area contributed by atoms with Crippen molar-refractivity contribution in [3.63, 3.8) is 0 Å². The smallest absolute Gasteiger partial charge is 0.277 e. The lowest BCUT2D eigenvalue weighted by Crippen LogP contribution is -2.56. The Morgan fingerprint density at radius 3 is 2.32 bits per heavy atom. The molecule has 1 saturated heterocycles. The first kappa shape index (κ1) is 19.4. The lowest BCUT2D eigenvalue weighted by Gasteiger charge is -2.50. The zero-order valence-electron chi connectivity index (χ0n) is 15.9. The van der Waals surface area contributed by atoms with E-state index in [1.165, 1.54) is 4.41 Å². The van der Waals surface area contributed by atoms with E-state index in [1.807, 2.05) is 5.01 Å². The molecule has 0 radical (unpaired) electrons. The molecule has 1 aliphatic heterocycles. The average molecular weight is 403 g/mol. The van der Waals surface area contributed by atoms with Crippen LogP contribution in [0.1, 0.15) is 61.7 Å². The maximum absolute atomic E-state index is 13.2. The van der Waals surface area contributed by atoms with Crippen LogP contribution in [0.5, 0.6) is 0 Å². The normalized spacial score (nSPS) is 30.6. The first-order valence-corrected chi connectivity index (χ1v) is 11.0. The summed E-state index contributed by atoms with van der Waals surface area (Å²) >= 11 is -2.25. The van der Waals surface area contributed by atoms with Gasteiger partial charge in [-0.2, -0.15) is 9.68 Å². The number of nitrogens with zero attached hydrogens (tertiary/aromatic N) is 3. The fourth-order valence-corrected chi connectivity index (χ4v) is 5.59. The molecule has 7 nitrogen and oxygen atoms in total. The van der Waals surface area contributed by atoms with Crippen LogP contribution in [0.25, 0.3) is 0 Å². The Labute approximate surface area is 168 Å². The summed E-state index contributed by atoms with van der Waals surface area (Å²) in [5.41, 5.74) is 0.399. The van der Waals surface area contributed by atoms with E-state index in [9.17, 15) is 18.8 Å². The predicted octanol–water partition coefficient (Wildman–Crippen LogP) is 2.99. The summed E-state index contributed by atoms with van der Waals surface area (Å²) in [7, 11) is 0. The van der Waals surface area contributed by atoms with Crippen LogP contribution < -0.4 is 9.73 Å². The Bertz CT molecular complexity index is 806. The number of benzene rings is 1. The third kappa shape index (κ3) is 3.43. The van der Waals surface area contributed by atoms with Crippen LogP contribution in [0.2, 0.25) is 0 Å². The minimum absolute atomic E-state index is 0.204. The van der Waals surface area contributed by atoms with Gasteiger partial charge >= 0.3 is 0 Å². The number of hydrogen-bond acceptors (Lipinski definition) is 4. The van der Waals surface area contributed by atoms with E-state index in [1.54, 1.807) is 24.3 Å². The zero-order valence-corrected chi connectivity index (χ0v) is 16.7. The standard InChI is InChI=1S/C20H26N4O3S/c21-15-19-7-10-20(11-8-19,12-9-19)22-18(25)16-5-1-2-6-17(16)24(28(26)27)23-13-3-4-14-23/h1-2,5-6H,3-4,7-14H2,(H,22,25)(H,26,27). The molecule has 4 fully saturated rings. The summed E-state index contributed by atoms with van der Waals surface area (Å²) in [4.78, 5) is 13.2. The number of para-hydroxylation sites is 1. The fraction of sp³-hybridized carbons (Fsp3) is 0.600. The first-order valence-electron chi connectivity index (χ1n) is 9.96. The SMILES string of the molecule is N#CC12CCC(NC(=O)c3ccccc3N(N3CCCC3)S(=O)O)(CC1)CC2. The van der Waals surface area contributed by atoms with Crippen LogP contribution in [0.15, 0.2) is 24.3 Å². The van der Waals surface area contributed by atoms with Crippen molar-refractivity contribution in [2.24, 2.45) is 5.41 Å². The summed E-state index contributed by atoms with van der Waals surface area (Å²) in [6, 6.07) is 9.48. The van der Waals surface area contributed by atoms with E-state index in [0.717, 1.165) is 51.4 Å². The van der Waals surface area contributed by atoms with Gasteiger partial charge in [0.25, 0.3) is 17.2 Å². The van der Waals surface area contributed by atoms with E-state index in [4.69, 9.17) is 0 Å². The molecule has 1 atom stereocenters. The molecule has 5 rings (SSSR count). The second-order valence-electron chi connectivity index (χ2n) is 8.31. The molecular formula is C20H26N4O3S. The van der Waals surface area contributed by atoms with Gasteiger partial charge in [-0.05, 0) is 63.5 Å². The van der Waals surface area contributed by atoms with Gasteiger partial charge in [-0.1, -0.05) is 12.1 Å². The highest BCUT2D eigenvalue weighted by atomic mass is 32.2. The molecule has 8 heteroatoms. The lowest BCUT2D eigenvalue weighted by molar-refractivity contribution is 0.0521. The van der Waals surface area contributed by atoms with Crippen molar-refractivity contribution in [2.75, 3.05) is 17.5 Å². The van der Waals surface area contributed by atoms with Gasteiger partial charge in [-0.25, -0.2) is 9.22 Å². The summed E-state index contributed by atoms with van der Waals surface area (Å²) in [5.74, 6) is -0.211. The number of nitrogens with one attached hydrogen (secondary N) is 1. The highest BCUT2D eigenvalue weighted by Gasteiger charge is 2.49. The maximum atomic E-state index is 13.2. The van der Waals surface area contributed by atoms with Gasteiger partial charge in [0.15, 0.2) is 0 Å². The van der Waals surface area contributed by atoms with Gasteiger partial charge in [-0.3, -0.25) is 9.35 Å². The van der Waals surface area contributed by atoms with Crippen LogP contribution >= 0.6 is 0 Å². The van der Waals surface area contributed by atoms with Crippen molar-refractivity contribution in [1.29, 1.82) is 5.26 Å². The lowest BCUT2D eigenvalue weighted by atomic mass is 9.58. The summed E-state index contributed by atoms with van der Waals surface area (Å²) in [5, 5.41) is 14.5. The summed E-state index contributed by atoms with van der Waals surface area (Å²) < 4.78 is 23.3. The van der Waals surface area contributed by atoms with Gasteiger partial charge in [-0.15, -0.1) is 0 Å². The van der Waals surface area contributed by atoms with Crippen LogP contribution in [0.3, 0.4) is 0 Å². The molecule has 2 bridgehead atoms. The molecule has 28 heavy (non-hydrogen) atoms. The number of anilines is 1. The Kier molecular flexibility index (Phi) is 5.17. The zero-order chi connectivity index (χ0) is 19.8. The third-order valence-electron chi connectivity index (χ3n) is 6.70. The molecule has 3 aliphatic carbocycles. The molecule has 1 heterocycles. The quantitative estimate of drug-likeness (QED) is 0.738. The average Bonchev–Trinajstić information content (AvgIpc) is 3.23. The van der Waals surface area contributed by atoms with Gasteiger partial charge in [0.2, 0.25) is 0 Å². The largest absolute Gasteiger partial charge is 0.347 e. The van der Waals surface area contributed by atoms with E-state index < -0.39 is 11.3 Å². The maximum Gasteiger partial charge on any atom is 0.277 e. The third-order valence-corrected chi connectivity index (χ3v) is 7.43. The molecule has 1 aromatic carbocycles. The van der Waals surface area contributed by atoms with Crippen LogP contribution in [-0.4, -0.2) is 38.3 Å². The van der Waals surface area contributed by atoms with E-state index in [2.05, 4.69) is 11.4 Å². The first-order chi connectivity index (χ1) is 13.5. The Morgan fingerprint density at radius 2 is 1.75 bits per heavy atom. The number of fused-ring (bicyclic) bond motifs is 3. The monoisotopic (exact) mass is 402 g/mol. The number of amides is 1. The van der Waals surface area contributed by atoms with Crippen molar-refractivity contribution >= 4 is 22.9 Å². The minimum atomic E-state index is -2.25. The van der Waals surface area contributed by atoms with Crippen LogP contribution in [-0.2, 0) is 11.3 Å². The van der Waals surface area contributed by atoms with Crippen molar-refractivity contribution < 1.29 is 13.6 Å². The van der Waals surface area contributed by atoms with Crippen LogP contribution in [0.4, 0.5) is 5.69 Å². The number of carbonyl (C=O) groups excluding carboxylic acids is 1. The molecule has 0 aromatic heterocycles. The van der Waals surface area contributed by atoms with Crippen LogP contribution in [0, 0.1) is 16.7 Å². The number of hydrazine groups is 1. The van der Waals surface area contributed by atoms with Gasteiger partial charge in [0.1, 0.15) is 0 Å². The van der Waals surface area contributed by atoms with Gasteiger partial charge < -0.3 is 5.32 Å². The summed E-state index contributed by atoms with van der Waals surface area (Å²) in [6.07, 6.45) is 6.85. The molecular weight excluding hydrogens is 376 g/mol. The Hall–Kier alpha value is -1.95. The van der Waals surface area contributed by atoms with Gasteiger partial charge in [0, 0.05) is 18.6 Å². The second-order valence-corrected chi connectivity index (χ2v) is 9.12. The number of carbonyl (C=O) groups is 1. The minimum Gasteiger partial charge on any atom is -0.347 e. The van der Waals surface area contributed by atoms with E-state index >= 15 is 0 Å². The van der Waals surface area contributed by atoms with Crippen molar-refractivity contribution in [2.45, 2.75) is 56.9 Å². The number of nitriles is 1. The van der Waals surface area contributed by atoms with E-state index in [0.29, 0.717) is 24.3 Å². The molecule has 1 aromatic rings. The molecule has 4 aliphatic rings. The predicted molar refractivity (Wildman–Crippen MR) is 106 cm³/mol. The second kappa shape index (κ2) is 7.47. The fourth-order valence-electron chi connectivity index (χ4n) is 4.90. The topological polar surface area (TPSA) is 96.7 Å².